The topological polar surface area (TPSA) is 141 Å². The number of halogens is 1. The smallest absolute Gasteiger partial charge is 0.252 e. The third-order valence-corrected chi connectivity index (χ3v) is 8.57. The van der Waals surface area contributed by atoms with Crippen LogP contribution in [0.1, 0.15) is 11.4 Å². The van der Waals surface area contributed by atoms with Crippen molar-refractivity contribution in [3.63, 3.8) is 0 Å². The van der Waals surface area contributed by atoms with Gasteiger partial charge in [-0.1, -0.05) is 18.2 Å². The molecule has 2 aromatic heterocycles. The van der Waals surface area contributed by atoms with Gasteiger partial charge in [0.05, 0.1) is 17.6 Å². The summed E-state index contributed by atoms with van der Waals surface area (Å²) in [5, 5.41) is 18.3. The van der Waals surface area contributed by atoms with Crippen LogP contribution in [0.15, 0.2) is 66.7 Å². The van der Waals surface area contributed by atoms with E-state index in [1.165, 1.54) is 24.3 Å². The summed E-state index contributed by atoms with van der Waals surface area (Å²) in [6.45, 7) is 0. The summed E-state index contributed by atoms with van der Waals surface area (Å²) >= 11 is 0. The average Bonchev–Trinajstić information content (AvgIpc) is 3.44. The minimum Gasteiger partial charge on any atom is -0.335 e. The normalized spacial score (nSPS) is 11.5. The van der Waals surface area contributed by atoms with E-state index in [1.807, 2.05) is 6.07 Å². The minimum absolute atomic E-state index is 0.0918. The maximum atomic E-state index is 14.9. The van der Waals surface area contributed by atoms with Crippen molar-refractivity contribution in [2.24, 2.45) is 14.1 Å². The zero-order valence-electron chi connectivity index (χ0n) is 21.1. The van der Waals surface area contributed by atoms with Crippen molar-refractivity contribution in [3.05, 3.63) is 83.9 Å². The molecule has 0 unspecified atom stereocenters. The van der Waals surface area contributed by atoms with Crippen LogP contribution in [0.2, 0.25) is 0 Å². The van der Waals surface area contributed by atoms with Crippen LogP contribution >= 0.6 is 0 Å². The maximum absolute atomic E-state index is 14.9. The van der Waals surface area contributed by atoms with Gasteiger partial charge in [-0.3, -0.25) is 9.03 Å². The second-order valence-electron chi connectivity index (χ2n) is 8.75. The van der Waals surface area contributed by atoms with Crippen molar-refractivity contribution in [2.45, 2.75) is 0 Å². The standard InChI is InChI=1S/C26H23FN6O4S2/c1-31-21(15-28)9-12-25(31)18-4-7-20(8-5-18)33(38(3,34)35)17-39(36,37)30-24-11-6-19(14-23(24)27)26-13-10-22(16-29)32(26)2/h4-14,30H,17H2,1-3H3. The van der Waals surface area contributed by atoms with Gasteiger partial charge < -0.3 is 9.13 Å². The summed E-state index contributed by atoms with van der Waals surface area (Å²) in [5.41, 5.74) is 2.96. The Morgan fingerprint density at radius 3 is 1.79 bits per heavy atom. The predicted molar refractivity (Wildman–Crippen MR) is 146 cm³/mol. The first kappa shape index (κ1) is 27.4. The quantitative estimate of drug-likeness (QED) is 0.344. The van der Waals surface area contributed by atoms with Crippen LogP contribution in [-0.4, -0.2) is 38.1 Å². The molecule has 0 bridgehead atoms. The molecule has 4 rings (SSSR count). The largest absolute Gasteiger partial charge is 0.335 e. The number of hydrogen-bond donors (Lipinski definition) is 1. The first-order valence-electron chi connectivity index (χ1n) is 11.3. The molecule has 0 aliphatic heterocycles. The van der Waals surface area contributed by atoms with Crippen LogP contribution in [0.3, 0.4) is 0 Å². The number of aromatic nitrogens is 2. The van der Waals surface area contributed by atoms with Crippen LogP contribution in [0.4, 0.5) is 15.8 Å². The Morgan fingerprint density at radius 2 is 1.33 bits per heavy atom. The number of hydrogen-bond acceptors (Lipinski definition) is 6. The molecular weight excluding hydrogens is 543 g/mol. The van der Waals surface area contributed by atoms with Gasteiger partial charge in [0, 0.05) is 31.0 Å². The zero-order chi connectivity index (χ0) is 28.5. The molecule has 0 saturated heterocycles. The highest BCUT2D eigenvalue weighted by atomic mass is 32.2. The number of anilines is 2. The van der Waals surface area contributed by atoms with Crippen molar-refractivity contribution in [1.82, 2.24) is 9.13 Å². The summed E-state index contributed by atoms with van der Waals surface area (Å²) in [6, 6.07) is 20.7. The zero-order valence-corrected chi connectivity index (χ0v) is 22.8. The van der Waals surface area contributed by atoms with E-state index in [0.29, 0.717) is 32.5 Å². The highest BCUT2D eigenvalue weighted by molar-refractivity contribution is 7.96. The van der Waals surface area contributed by atoms with Crippen molar-refractivity contribution < 1.29 is 21.2 Å². The average molecular weight is 567 g/mol. The molecule has 0 aliphatic carbocycles. The van der Waals surface area contributed by atoms with E-state index in [-0.39, 0.29) is 11.4 Å². The highest BCUT2D eigenvalue weighted by Gasteiger charge is 2.26. The van der Waals surface area contributed by atoms with Crippen molar-refractivity contribution in [3.8, 4) is 34.7 Å². The maximum Gasteiger partial charge on any atom is 0.252 e. The number of nitriles is 2. The summed E-state index contributed by atoms with van der Waals surface area (Å²) in [6.07, 6.45) is 0.873. The van der Waals surface area contributed by atoms with E-state index in [4.69, 9.17) is 10.5 Å². The fourth-order valence-electron chi connectivity index (χ4n) is 4.10. The van der Waals surface area contributed by atoms with E-state index in [2.05, 4.69) is 10.8 Å². The lowest BCUT2D eigenvalue weighted by molar-refractivity contribution is 0.588. The van der Waals surface area contributed by atoms with Crippen LogP contribution in [0.5, 0.6) is 0 Å². The molecule has 2 heterocycles. The van der Waals surface area contributed by atoms with E-state index < -0.39 is 31.7 Å². The number of nitrogens with one attached hydrogen (secondary N) is 1. The van der Waals surface area contributed by atoms with Gasteiger partial charge in [0.25, 0.3) is 10.0 Å². The van der Waals surface area contributed by atoms with Crippen LogP contribution in [-0.2, 0) is 34.1 Å². The summed E-state index contributed by atoms with van der Waals surface area (Å²) < 4.78 is 71.9. The fraction of sp³-hybridized carbons (Fsp3) is 0.154. The van der Waals surface area contributed by atoms with Gasteiger partial charge in [-0.25, -0.2) is 21.2 Å². The number of nitrogens with zero attached hydrogens (tertiary/aromatic N) is 5. The van der Waals surface area contributed by atoms with Gasteiger partial charge in [0.15, 0.2) is 5.88 Å². The molecule has 2 aromatic carbocycles. The number of rotatable bonds is 8. The van der Waals surface area contributed by atoms with Crippen LogP contribution in [0.25, 0.3) is 22.5 Å². The summed E-state index contributed by atoms with van der Waals surface area (Å²) in [7, 11) is -5.05. The molecule has 0 spiro atoms. The van der Waals surface area contributed by atoms with Crippen LogP contribution < -0.4 is 9.03 Å². The predicted octanol–water partition coefficient (Wildman–Crippen LogP) is 3.75. The van der Waals surface area contributed by atoms with Gasteiger partial charge >= 0.3 is 0 Å². The van der Waals surface area contributed by atoms with Crippen molar-refractivity contribution in [1.29, 1.82) is 10.5 Å². The third-order valence-electron chi connectivity index (χ3n) is 6.14. The number of sulfonamides is 2. The molecule has 10 nitrogen and oxygen atoms in total. The van der Waals surface area contributed by atoms with Crippen molar-refractivity contribution >= 4 is 31.4 Å². The Morgan fingerprint density at radius 1 is 0.821 bits per heavy atom. The molecule has 0 fully saturated rings. The molecule has 4 aromatic rings. The molecule has 0 atom stereocenters. The summed E-state index contributed by atoms with van der Waals surface area (Å²) in [5.74, 6) is -1.86. The van der Waals surface area contributed by atoms with E-state index in [0.717, 1.165) is 18.0 Å². The van der Waals surface area contributed by atoms with E-state index >= 15 is 0 Å². The lowest BCUT2D eigenvalue weighted by atomic mass is 10.1. The third kappa shape index (κ3) is 5.65. The van der Waals surface area contributed by atoms with E-state index in [1.54, 1.807) is 59.6 Å². The van der Waals surface area contributed by atoms with Gasteiger partial charge in [-0.15, -0.1) is 0 Å². The van der Waals surface area contributed by atoms with Gasteiger partial charge in [0.2, 0.25) is 10.0 Å². The molecule has 0 aliphatic rings. The Labute approximate surface area is 225 Å². The fourth-order valence-corrected chi connectivity index (χ4v) is 6.81. The monoisotopic (exact) mass is 566 g/mol. The molecule has 0 saturated carbocycles. The molecule has 39 heavy (non-hydrogen) atoms. The Kier molecular flexibility index (Phi) is 7.24. The summed E-state index contributed by atoms with van der Waals surface area (Å²) in [4.78, 5) is 0. The molecular formula is C26H23FN6O4S2. The van der Waals surface area contributed by atoms with Gasteiger partial charge in [0.1, 0.15) is 29.3 Å². The van der Waals surface area contributed by atoms with Crippen LogP contribution in [0, 0.1) is 28.5 Å². The number of benzene rings is 2. The Balaban J connectivity index is 1.58. The molecule has 13 heteroatoms. The Bertz CT molecular complexity index is 1860. The molecule has 200 valence electrons. The molecule has 1 N–H and O–H groups in total. The second-order valence-corrected chi connectivity index (χ2v) is 12.3. The molecule has 0 amide bonds. The minimum atomic E-state index is -4.37. The lowest BCUT2D eigenvalue weighted by Gasteiger charge is -2.23. The van der Waals surface area contributed by atoms with E-state index in [9.17, 15) is 21.2 Å². The SMILES string of the molecule is Cn1c(C#N)ccc1-c1ccc(N(CS(=O)(=O)Nc2ccc(-c3ccc(C#N)n3C)cc2F)S(C)(=O)=O)cc1. The Hall–Kier alpha value is -4.59. The van der Waals surface area contributed by atoms with Crippen molar-refractivity contribution in [2.75, 3.05) is 21.2 Å². The first-order chi connectivity index (χ1) is 18.3. The lowest BCUT2D eigenvalue weighted by Crippen LogP contribution is -2.37. The van der Waals surface area contributed by atoms with Gasteiger partial charge in [-0.2, -0.15) is 10.5 Å². The van der Waals surface area contributed by atoms with Gasteiger partial charge in [-0.05, 0) is 54.1 Å². The second kappa shape index (κ2) is 10.3. The first-order valence-corrected chi connectivity index (χ1v) is 14.8. The molecule has 0 radical (unpaired) electrons. The highest BCUT2D eigenvalue weighted by Crippen LogP contribution is 2.28.